The predicted octanol–water partition coefficient (Wildman–Crippen LogP) is 1.66. The van der Waals surface area contributed by atoms with Crippen molar-refractivity contribution >= 4 is 22.3 Å². The lowest BCUT2D eigenvalue weighted by Gasteiger charge is -2.08. The number of benzene rings is 1. The van der Waals surface area contributed by atoms with Crippen LogP contribution in [0.5, 0.6) is 0 Å². The van der Waals surface area contributed by atoms with Crippen LogP contribution in [-0.4, -0.2) is 15.2 Å². The highest BCUT2D eigenvalue weighted by Crippen LogP contribution is 2.20. The number of para-hydroxylation sites is 1. The number of H-pyrrole nitrogens is 2. The Bertz CT molecular complexity index is 881. The summed E-state index contributed by atoms with van der Waals surface area (Å²) in [5, 5.41) is 8.27. The first kappa shape index (κ1) is 12.2. The summed E-state index contributed by atoms with van der Waals surface area (Å²) in [6.45, 7) is 1.77. The van der Waals surface area contributed by atoms with Crippen LogP contribution < -0.4 is 16.4 Å². The largest absolute Gasteiger partial charge is 0.340 e. The van der Waals surface area contributed by atoms with Crippen molar-refractivity contribution in [3.8, 4) is 0 Å². The lowest BCUT2D eigenvalue weighted by atomic mass is 10.2. The Balaban J connectivity index is 2.28. The fourth-order valence-electron chi connectivity index (χ4n) is 2.07. The van der Waals surface area contributed by atoms with E-state index in [1.54, 1.807) is 13.0 Å². The molecule has 0 unspecified atom stereocenters. The molecule has 0 amide bonds. The van der Waals surface area contributed by atoms with Crippen molar-refractivity contribution in [2.45, 2.75) is 6.92 Å². The van der Waals surface area contributed by atoms with Gasteiger partial charge in [0.25, 0.3) is 11.1 Å². The molecular formula is C14H12N4O2. The molecule has 100 valence electrons. The zero-order chi connectivity index (χ0) is 14.1. The van der Waals surface area contributed by atoms with Crippen molar-refractivity contribution < 1.29 is 0 Å². The van der Waals surface area contributed by atoms with Crippen molar-refractivity contribution in [3.63, 3.8) is 0 Å². The maximum absolute atomic E-state index is 11.9. The van der Waals surface area contributed by atoms with Crippen molar-refractivity contribution in [1.29, 1.82) is 0 Å². The van der Waals surface area contributed by atoms with E-state index in [1.807, 2.05) is 30.3 Å². The SMILES string of the molecule is Cc1cc2c(=O)[nH][nH]c(=O)c2c(Nc2ccccc2)n1. The molecule has 0 saturated carbocycles. The molecule has 0 atom stereocenters. The van der Waals surface area contributed by atoms with Crippen LogP contribution in [-0.2, 0) is 0 Å². The second-order valence-electron chi connectivity index (χ2n) is 4.43. The first-order chi connectivity index (χ1) is 9.65. The number of aromatic nitrogens is 3. The van der Waals surface area contributed by atoms with Gasteiger partial charge in [-0.3, -0.25) is 19.8 Å². The molecule has 0 aliphatic rings. The van der Waals surface area contributed by atoms with E-state index in [1.165, 1.54) is 0 Å². The maximum Gasteiger partial charge on any atom is 0.274 e. The number of hydrogen-bond acceptors (Lipinski definition) is 4. The quantitative estimate of drug-likeness (QED) is 0.659. The molecule has 3 N–H and O–H groups in total. The average molecular weight is 268 g/mol. The van der Waals surface area contributed by atoms with E-state index in [2.05, 4.69) is 20.5 Å². The Morgan fingerprint density at radius 1 is 1.05 bits per heavy atom. The van der Waals surface area contributed by atoms with Crippen LogP contribution in [0.15, 0.2) is 46.0 Å². The standard InChI is InChI=1S/C14H12N4O2/c1-8-7-10-11(14(20)18-17-13(10)19)12(15-8)16-9-5-3-2-4-6-9/h2-7H,1H3,(H,15,16)(H,17,19)(H,18,20). The van der Waals surface area contributed by atoms with E-state index >= 15 is 0 Å². The molecular weight excluding hydrogens is 256 g/mol. The topological polar surface area (TPSA) is 90.6 Å². The normalized spacial score (nSPS) is 10.7. The van der Waals surface area contributed by atoms with Gasteiger partial charge in [0.15, 0.2) is 0 Å². The van der Waals surface area contributed by atoms with Gasteiger partial charge in [0.2, 0.25) is 0 Å². The Labute approximate surface area is 113 Å². The van der Waals surface area contributed by atoms with E-state index in [4.69, 9.17) is 0 Å². The van der Waals surface area contributed by atoms with Crippen LogP contribution in [0.1, 0.15) is 5.69 Å². The number of aryl methyl sites for hydroxylation is 1. The number of rotatable bonds is 2. The van der Waals surface area contributed by atoms with E-state index < -0.39 is 0 Å². The monoisotopic (exact) mass is 268 g/mol. The number of anilines is 2. The number of fused-ring (bicyclic) bond motifs is 1. The first-order valence-corrected chi connectivity index (χ1v) is 6.09. The number of nitrogens with zero attached hydrogens (tertiary/aromatic N) is 1. The van der Waals surface area contributed by atoms with E-state index in [9.17, 15) is 9.59 Å². The lowest BCUT2D eigenvalue weighted by molar-refractivity contribution is 0.973. The van der Waals surface area contributed by atoms with E-state index in [-0.39, 0.29) is 16.5 Å². The first-order valence-electron chi connectivity index (χ1n) is 6.09. The second kappa shape index (κ2) is 4.65. The molecule has 3 aromatic rings. The molecule has 2 heterocycles. The minimum atomic E-state index is -0.384. The molecule has 0 aliphatic carbocycles. The Kier molecular flexibility index (Phi) is 2.83. The van der Waals surface area contributed by atoms with Crippen molar-refractivity contribution in [3.05, 3.63) is 62.8 Å². The van der Waals surface area contributed by atoms with Gasteiger partial charge in [-0.25, -0.2) is 4.98 Å². The van der Waals surface area contributed by atoms with Gasteiger partial charge in [-0.15, -0.1) is 0 Å². The average Bonchev–Trinajstić information content (AvgIpc) is 2.44. The number of pyridine rings is 1. The number of aromatic amines is 2. The maximum atomic E-state index is 11.9. The van der Waals surface area contributed by atoms with Gasteiger partial charge in [0.1, 0.15) is 5.82 Å². The van der Waals surface area contributed by atoms with Crippen LogP contribution in [0.4, 0.5) is 11.5 Å². The van der Waals surface area contributed by atoms with Gasteiger partial charge < -0.3 is 5.32 Å². The lowest BCUT2D eigenvalue weighted by Crippen LogP contribution is -2.20. The number of nitrogens with one attached hydrogen (secondary N) is 3. The van der Waals surface area contributed by atoms with Gasteiger partial charge in [-0.05, 0) is 25.1 Å². The summed E-state index contributed by atoms with van der Waals surface area (Å²) in [4.78, 5) is 28.1. The highest BCUT2D eigenvalue weighted by atomic mass is 16.1. The molecule has 0 aliphatic heterocycles. The third-order valence-electron chi connectivity index (χ3n) is 2.95. The van der Waals surface area contributed by atoms with Gasteiger partial charge in [0.05, 0.1) is 10.8 Å². The summed E-state index contributed by atoms with van der Waals surface area (Å²) in [6, 6.07) is 11.0. The Morgan fingerprint density at radius 3 is 2.50 bits per heavy atom. The Hall–Kier alpha value is -2.89. The second-order valence-corrected chi connectivity index (χ2v) is 4.43. The Morgan fingerprint density at radius 2 is 1.75 bits per heavy atom. The van der Waals surface area contributed by atoms with E-state index in [0.29, 0.717) is 16.9 Å². The summed E-state index contributed by atoms with van der Waals surface area (Å²) >= 11 is 0. The molecule has 0 spiro atoms. The minimum Gasteiger partial charge on any atom is -0.340 e. The molecule has 6 nitrogen and oxygen atoms in total. The fourth-order valence-corrected chi connectivity index (χ4v) is 2.07. The molecule has 0 fully saturated rings. The zero-order valence-corrected chi connectivity index (χ0v) is 10.7. The molecule has 2 aromatic heterocycles. The van der Waals surface area contributed by atoms with Crippen LogP contribution in [0, 0.1) is 6.92 Å². The third kappa shape index (κ3) is 2.07. The summed E-state index contributed by atoms with van der Waals surface area (Å²) in [6.07, 6.45) is 0. The summed E-state index contributed by atoms with van der Waals surface area (Å²) in [5.41, 5.74) is 0.727. The summed E-state index contributed by atoms with van der Waals surface area (Å²) in [5.74, 6) is 0.374. The third-order valence-corrected chi connectivity index (χ3v) is 2.95. The van der Waals surface area contributed by atoms with Crippen molar-refractivity contribution in [1.82, 2.24) is 15.2 Å². The predicted molar refractivity (Wildman–Crippen MR) is 77.4 cm³/mol. The van der Waals surface area contributed by atoms with Crippen LogP contribution in [0.3, 0.4) is 0 Å². The molecule has 1 aromatic carbocycles. The molecule has 3 rings (SSSR count). The van der Waals surface area contributed by atoms with Crippen molar-refractivity contribution in [2.75, 3.05) is 5.32 Å². The molecule has 0 saturated heterocycles. The zero-order valence-electron chi connectivity index (χ0n) is 10.7. The van der Waals surface area contributed by atoms with Gasteiger partial charge in [-0.2, -0.15) is 0 Å². The van der Waals surface area contributed by atoms with Crippen molar-refractivity contribution in [2.24, 2.45) is 0 Å². The van der Waals surface area contributed by atoms with Gasteiger partial charge in [0, 0.05) is 11.4 Å². The van der Waals surface area contributed by atoms with Crippen LogP contribution in [0.2, 0.25) is 0 Å². The van der Waals surface area contributed by atoms with Gasteiger partial charge >= 0.3 is 0 Å². The van der Waals surface area contributed by atoms with Gasteiger partial charge in [-0.1, -0.05) is 18.2 Å². The van der Waals surface area contributed by atoms with Crippen LogP contribution in [0.25, 0.3) is 10.8 Å². The molecule has 0 bridgehead atoms. The highest BCUT2D eigenvalue weighted by molar-refractivity contribution is 5.92. The van der Waals surface area contributed by atoms with E-state index in [0.717, 1.165) is 5.69 Å². The van der Waals surface area contributed by atoms with Crippen LogP contribution >= 0.6 is 0 Å². The fraction of sp³-hybridized carbons (Fsp3) is 0.0714. The highest BCUT2D eigenvalue weighted by Gasteiger charge is 2.11. The number of hydrogen-bond donors (Lipinski definition) is 3. The molecule has 6 heteroatoms. The smallest absolute Gasteiger partial charge is 0.274 e. The molecule has 20 heavy (non-hydrogen) atoms. The summed E-state index contributed by atoms with van der Waals surface area (Å²) < 4.78 is 0. The minimum absolute atomic E-state index is 0.253. The molecule has 0 radical (unpaired) electrons. The summed E-state index contributed by atoms with van der Waals surface area (Å²) in [7, 11) is 0.